The minimum absolute atomic E-state index is 0.0198. The van der Waals surface area contributed by atoms with E-state index in [2.05, 4.69) is 5.32 Å². The van der Waals surface area contributed by atoms with Crippen molar-refractivity contribution in [2.24, 2.45) is 0 Å². The number of carbonyl (C=O) groups is 1. The Morgan fingerprint density at radius 2 is 2.10 bits per heavy atom. The van der Waals surface area contributed by atoms with Crippen LogP contribution < -0.4 is 10.2 Å². The molecule has 1 N–H and O–H groups in total. The lowest BCUT2D eigenvalue weighted by Gasteiger charge is -2.31. The van der Waals surface area contributed by atoms with Gasteiger partial charge < -0.3 is 10.2 Å². The van der Waals surface area contributed by atoms with Crippen molar-refractivity contribution in [2.45, 2.75) is 31.7 Å². The van der Waals surface area contributed by atoms with E-state index < -0.39 is 10.5 Å². The Morgan fingerprint density at radius 1 is 1.45 bits per heavy atom. The molecule has 1 aromatic rings. The van der Waals surface area contributed by atoms with Gasteiger partial charge in [-0.15, -0.1) is 0 Å². The molecule has 6 nitrogen and oxygen atoms in total. The van der Waals surface area contributed by atoms with E-state index in [1.807, 2.05) is 6.92 Å². The molecule has 1 saturated heterocycles. The normalized spacial score (nSPS) is 21.7. The van der Waals surface area contributed by atoms with Crippen molar-refractivity contribution < 1.29 is 9.72 Å². The third-order valence-corrected chi connectivity index (χ3v) is 4.01. The maximum Gasteiger partial charge on any atom is 0.269 e. The van der Waals surface area contributed by atoms with Gasteiger partial charge in [0.05, 0.1) is 10.5 Å². The summed E-state index contributed by atoms with van der Waals surface area (Å²) in [5, 5.41) is 13.9. The molecule has 1 amide bonds. The standard InChI is InChI=1S/C14H19N3O3/c1-3-14(9-4-10-15-14)13(18)16(2)11-5-7-12(8-6-11)17(19)20/h5-8,15H,3-4,9-10H2,1-2H3. The fraction of sp³-hybridized carbons (Fsp3) is 0.500. The summed E-state index contributed by atoms with van der Waals surface area (Å²) in [7, 11) is 1.71. The topological polar surface area (TPSA) is 75.5 Å². The van der Waals surface area contributed by atoms with Gasteiger partial charge >= 0.3 is 0 Å². The molecule has 0 bridgehead atoms. The van der Waals surface area contributed by atoms with Crippen LogP contribution in [0, 0.1) is 10.1 Å². The molecule has 1 aliphatic rings. The minimum atomic E-state index is -0.490. The maximum absolute atomic E-state index is 12.6. The number of rotatable bonds is 4. The Labute approximate surface area is 117 Å². The minimum Gasteiger partial charge on any atom is -0.314 e. The highest BCUT2D eigenvalue weighted by molar-refractivity contribution is 6.00. The van der Waals surface area contributed by atoms with Crippen LogP contribution in [-0.4, -0.2) is 30.0 Å². The summed E-state index contributed by atoms with van der Waals surface area (Å²) < 4.78 is 0. The van der Waals surface area contributed by atoms with Gasteiger partial charge in [-0.3, -0.25) is 14.9 Å². The molecule has 0 saturated carbocycles. The van der Waals surface area contributed by atoms with E-state index in [-0.39, 0.29) is 11.6 Å². The van der Waals surface area contributed by atoms with Gasteiger partial charge in [-0.2, -0.15) is 0 Å². The van der Waals surface area contributed by atoms with Crippen molar-refractivity contribution in [3.63, 3.8) is 0 Å². The summed E-state index contributed by atoms with van der Waals surface area (Å²) >= 11 is 0. The Kier molecular flexibility index (Phi) is 4.04. The molecule has 108 valence electrons. The number of carbonyl (C=O) groups excluding carboxylic acids is 1. The number of nitrogens with one attached hydrogen (secondary N) is 1. The Balaban J connectivity index is 2.19. The zero-order chi connectivity index (χ0) is 14.8. The van der Waals surface area contributed by atoms with Crippen LogP contribution in [0.1, 0.15) is 26.2 Å². The monoisotopic (exact) mass is 277 g/mol. The van der Waals surface area contributed by atoms with Crippen LogP contribution in [0.2, 0.25) is 0 Å². The first-order valence-electron chi connectivity index (χ1n) is 6.78. The predicted octanol–water partition coefficient (Wildman–Crippen LogP) is 2.09. The van der Waals surface area contributed by atoms with E-state index in [1.165, 1.54) is 12.1 Å². The smallest absolute Gasteiger partial charge is 0.269 e. The quantitative estimate of drug-likeness (QED) is 0.675. The van der Waals surface area contributed by atoms with E-state index >= 15 is 0 Å². The van der Waals surface area contributed by atoms with Gasteiger partial charge in [0.1, 0.15) is 0 Å². The lowest BCUT2D eigenvalue weighted by Crippen LogP contribution is -2.53. The van der Waals surface area contributed by atoms with E-state index in [4.69, 9.17) is 0 Å². The van der Waals surface area contributed by atoms with Gasteiger partial charge in [-0.05, 0) is 37.9 Å². The first-order valence-corrected chi connectivity index (χ1v) is 6.78. The largest absolute Gasteiger partial charge is 0.314 e. The molecule has 0 aromatic heterocycles. The molecule has 0 radical (unpaired) electrons. The summed E-state index contributed by atoms with van der Waals surface area (Å²) in [6.07, 6.45) is 2.57. The van der Waals surface area contributed by atoms with Gasteiger partial charge in [0.15, 0.2) is 0 Å². The summed E-state index contributed by atoms with van der Waals surface area (Å²) in [6.45, 7) is 2.85. The molecule has 6 heteroatoms. The van der Waals surface area contributed by atoms with Crippen molar-refractivity contribution >= 4 is 17.3 Å². The summed E-state index contributed by atoms with van der Waals surface area (Å²) in [5.74, 6) is 0.0198. The molecule has 1 aliphatic heterocycles. The molecular formula is C14H19N3O3. The average molecular weight is 277 g/mol. The van der Waals surface area contributed by atoms with Crippen molar-refractivity contribution in [1.82, 2.24) is 5.32 Å². The maximum atomic E-state index is 12.6. The number of nitrogens with zero attached hydrogens (tertiary/aromatic N) is 2. The second-order valence-corrected chi connectivity index (χ2v) is 5.10. The number of amides is 1. The van der Waals surface area contributed by atoms with Crippen LogP contribution in [0.4, 0.5) is 11.4 Å². The number of hydrogen-bond donors (Lipinski definition) is 1. The van der Waals surface area contributed by atoms with Gasteiger partial charge in [0.25, 0.3) is 5.69 Å². The first-order chi connectivity index (χ1) is 9.50. The SMILES string of the molecule is CCC1(C(=O)N(C)c2ccc([N+](=O)[O-])cc2)CCCN1. The van der Waals surface area contributed by atoms with Gasteiger partial charge in [0.2, 0.25) is 5.91 Å². The van der Waals surface area contributed by atoms with Crippen molar-refractivity contribution in [2.75, 3.05) is 18.5 Å². The highest BCUT2D eigenvalue weighted by atomic mass is 16.6. The molecule has 1 unspecified atom stereocenters. The molecule has 1 aromatic carbocycles. The number of likely N-dealkylation sites (N-methyl/N-ethyl adjacent to an activating group) is 1. The van der Waals surface area contributed by atoms with Gasteiger partial charge in [-0.25, -0.2) is 0 Å². The van der Waals surface area contributed by atoms with E-state index in [9.17, 15) is 14.9 Å². The molecule has 1 heterocycles. The molecule has 1 atom stereocenters. The summed E-state index contributed by atoms with van der Waals surface area (Å²) in [6, 6.07) is 6.04. The van der Waals surface area contributed by atoms with Crippen LogP contribution in [0.5, 0.6) is 0 Å². The molecule has 1 fully saturated rings. The van der Waals surface area contributed by atoms with Crippen LogP contribution >= 0.6 is 0 Å². The molecule has 0 spiro atoms. The van der Waals surface area contributed by atoms with Crippen molar-refractivity contribution in [1.29, 1.82) is 0 Å². The number of non-ortho nitro benzene ring substituents is 1. The molecular weight excluding hydrogens is 258 g/mol. The third kappa shape index (κ3) is 2.51. The number of nitro groups is 1. The van der Waals surface area contributed by atoms with Crippen LogP contribution in [0.3, 0.4) is 0 Å². The second-order valence-electron chi connectivity index (χ2n) is 5.10. The van der Waals surface area contributed by atoms with Crippen LogP contribution in [0.25, 0.3) is 0 Å². The zero-order valence-corrected chi connectivity index (χ0v) is 11.8. The summed E-state index contributed by atoms with van der Waals surface area (Å²) in [5.41, 5.74) is 0.206. The highest BCUT2D eigenvalue weighted by Gasteiger charge is 2.41. The van der Waals surface area contributed by atoms with E-state index in [0.717, 1.165) is 25.8 Å². The van der Waals surface area contributed by atoms with E-state index in [1.54, 1.807) is 24.1 Å². The lowest BCUT2D eigenvalue weighted by molar-refractivity contribution is -0.384. The lowest BCUT2D eigenvalue weighted by atomic mass is 9.92. The van der Waals surface area contributed by atoms with Crippen LogP contribution in [0.15, 0.2) is 24.3 Å². The summed E-state index contributed by atoms with van der Waals surface area (Å²) in [4.78, 5) is 24.4. The molecule has 2 rings (SSSR count). The van der Waals surface area contributed by atoms with Crippen LogP contribution in [-0.2, 0) is 4.79 Å². The number of benzene rings is 1. The predicted molar refractivity (Wildman–Crippen MR) is 76.8 cm³/mol. The Bertz CT molecular complexity index is 507. The van der Waals surface area contributed by atoms with E-state index in [0.29, 0.717) is 5.69 Å². The van der Waals surface area contributed by atoms with Crippen molar-refractivity contribution in [3.05, 3.63) is 34.4 Å². The first kappa shape index (κ1) is 14.5. The Morgan fingerprint density at radius 3 is 2.55 bits per heavy atom. The molecule has 0 aliphatic carbocycles. The number of anilines is 1. The second kappa shape index (κ2) is 5.58. The zero-order valence-electron chi connectivity index (χ0n) is 11.8. The fourth-order valence-corrected chi connectivity index (χ4v) is 2.68. The van der Waals surface area contributed by atoms with Gasteiger partial charge in [0, 0.05) is 24.9 Å². The Hall–Kier alpha value is -1.95. The molecule has 20 heavy (non-hydrogen) atoms. The third-order valence-electron chi connectivity index (χ3n) is 4.01. The number of nitro benzene ring substituents is 1. The highest BCUT2D eigenvalue weighted by Crippen LogP contribution is 2.28. The van der Waals surface area contributed by atoms with Crippen molar-refractivity contribution in [3.8, 4) is 0 Å². The fourth-order valence-electron chi connectivity index (χ4n) is 2.68. The van der Waals surface area contributed by atoms with Gasteiger partial charge in [-0.1, -0.05) is 6.92 Å². The number of hydrogen-bond acceptors (Lipinski definition) is 4. The average Bonchev–Trinajstić information content (AvgIpc) is 2.96.